The average molecular weight is 399 g/mol. The van der Waals surface area contributed by atoms with Gasteiger partial charge in [-0.1, -0.05) is 67.9 Å². The quantitative estimate of drug-likeness (QED) is 0.800. The molecule has 0 radical (unpaired) electrons. The van der Waals surface area contributed by atoms with E-state index in [4.69, 9.17) is 11.6 Å². The van der Waals surface area contributed by atoms with Crippen molar-refractivity contribution in [1.82, 2.24) is 10.2 Å². The number of benzene rings is 2. The van der Waals surface area contributed by atoms with Crippen LogP contribution in [0.1, 0.15) is 37.8 Å². The molecule has 5 heteroatoms. The van der Waals surface area contributed by atoms with Crippen molar-refractivity contribution >= 4 is 23.4 Å². The van der Waals surface area contributed by atoms with Crippen LogP contribution in [0.15, 0.2) is 54.6 Å². The van der Waals surface area contributed by atoms with E-state index in [1.165, 1.54) is 0 Å². The lowest BCUT2D eigenvalue weighted by Gasteiger charge is -2.29. The monoisotopic (exact) mass is 398 g/mol. The van der Waals surface area contributed by atoms with E-state index in [1.807, 2.05) is 54.6 Å². The predicted octanol–water partition coefficient (Wildman–Crippen LogP) is 3.97. The fraction of sp³-hybridized carbons (Fsp3) is 0.391. The molecule has 4 nitrogen and oxygen atoms in total. The van der Waals surface area contributed by atoms with Crippen molar-refractivity contribution in [3.63, 3.8) is 0 Å². The normalized spacial score (nSPS) is 16.8. The first kappa shape index (κ1) is 20.4. The van der Waals surface area contributed by atoms with Crippen LogP contribution in [0, 0.1) is 0 Å². The van der Waals surface area contributed by atoms with Crippen LogP contribution in [0.4, 0.5) is 0 Å². The van der Waals surface area contributed by atoms with Gasteiger partial charge in [-0.15, -0.1) is 0 Å². The van der Waals surface area contributed by atoms with E-state index >= 15 is 0 Å². The third kappa shape index (κ3) is 4.93. The standard InChI is InChI=1S/C23H27ClN2O2/c1-23(2,18-10-12-19(24)13-11-18)16-25-22(28)20-9-6-14-26(20)21(27)15-17-7-4-3-5-8-17/h3-5,7-8,10-13,20H,6,9,14-16H2,1-2H3,(H,25,28)/t20-/m0/s1. The summed E-state index contributed by atoms with van der Waals surface area (Å²) in [5, 5.41) is 3.76. The van der Waals surface area contributed by atoms with Gasteiger partial charge in [0.15, 0.2) is 0 Å². The topological polar surface area (TPSA) is 49.4 Å². The third-order valence-corrected chi connectivity index (χ3v) is 5.66. The van der Waals surface area contributed by atoms with Gasteiger partial charge in [0.05, 0.1) is 6.42 Å². The number of rotatable bonds is 6. The Hall–Kier alpha value is -2.33. The predicted molar refractivity (Wildman–Crippen MR) is 112 cm³/mol. The Balaban J connectivity index is 1.59. The second-order valence-electron chi connectivity index (χ2n) is 8.02. The Labute approximate surface area is 171 Å². The highest BCUT2D eigenvalue weighted by molar-refractivity contribution is 6.30. The van der Waals surface area contributed by atoms with Gasteiger partial charge < -0.3 is 10.2 Å². The average Bonchev–Trinajstić information content (AvgIpc) is 3.17. The zero-order valence-electron chi connectivity index (χ0n) is 16.5. The van der Waals surface area contributed by atoms with Gasteiger partial charge in [-0.3, -0.25) is 9.59 Å². The Morgan fingerprint density at radius 1 is 1.11 bits per heavy atom. The molecule has 0 unspecified atom stereocenters. The number of amides is 2. The fourth-order valence-corrected chi connectivity index (χ4v) is 3.76. The summed E-state index contributed by atoms with van der Waals surface area (Å²) in [5.41, 5.74) is 1.86. The molecular weight excluding hydrogens is 372 g/mol. The largest absolute Gasteiger partial charge is 0.353 e. The molecule has 0 aliphatic carbocycles. The molecule has 28 heavy (non-hydrogen) atoms. The van der Waals surface area contributed by atoms with Gasteiger partial charge in [0.1, 0.15) is 6.04 Å². The summed E-state index contributed by atoms with van der Waals surface area (Å²) in [6, 6.07) is 17.0. The number of hydrogen-bond acceptors (Lipinski definition) is 2. The summed E-state index contributed by atoms with van der Waals surface area (Å²) < 4.78 is 0. The van der Waals surface area contributed by atoms with Crippen molar-refractivity contribution in [2.75, 3.05) is 13.1 Å². The Morgan fingerprint density at radius 3 is 2.46 bits per heavy atom. The summed E-state index contributed by atoms with van der Waals surface area (Å²) in [6.07, 6.45) is 1.91. The van der Waals surface area contributed by atoms with E-state index in [1.54, 1.807) is 4.90 Å². The Morgan fingerprint density at radius 2 is 1.79 bits per heavy atom. The number of likely N-dealkylation sites (tertiary alicyclic amines) is 1. The molecular formula is C23H27ClN2O2. The first-order valence-corrected chi connectivity index (χ1v) is 10.1. The van der Waals surface area contributed by atoms with Crippen LogP contribution in [-0.4, -0.2) is 35.8 Å². The van der Waals surface area contributed by atoms with Crippen molar-refractivity contribution in [2.24, 2.45) is 0 Å². The van der Waals surface area contributed by atoms with Crippen LogP contribution in [0.5, 0.6) is 0 Å². The Bertz CT molecular complexity index is 818. The smallest absolute Gasteiger partial charge is 0.242 e. The summed E-state index contributed by atoms with van der Waals surface area (Å²) in [6.45, 7) is 5.32. The molecule has 1 fully saturated rings. The van der Waals surface area contributed by atoms with Crippen molar-refractivity contribution in [3.8, 4) is 0 Å². The highest BCUT2D eigenvalue weighted by atomic mass is 35.5. The van der Waals surface area contributed by atoms with E-state index in [-0.39, 0.29) is 23.3 Å². The molecule has 1 heterocycles. The molecule has 0 saturated carbocycles. The van der Waals surface area contributed by atoms with E-state index in [0.29, 0.717) is 31.0 Å². The van der Waals surface area contributed by atoms with Gasteiger partial charge in [0.25, 0.3) is 0 Å². The number of carbonyl (C=O) groups excluding carboxylic acids is 2. The maximum absolute atomic E-state index is 12.8. The Kier molecular flexibility index (Phi) is 6.40. The third-order valence-electron chi connectivity index (χ3n) is 5.40. The number of nitrogens with zero attached hydrogens (tertiary/aromatic N) is 1. The minimum atomic E-state index is -0.378. The van der Waals surface area contributed by atoms with Crippen LogP contribution in [-0.2, 0) is 21.4 Å². The molecule has 148 valence electrons. The van der Waals surface area contributed by atoms with Crippen LogP contribution >= 0.6 is 11.6 Å². The molecule has 2 aromatic carbocycles. The van der Waals surface area contributed by atoms with Gasteiger partial charge in [-0.05, 0) is 36.1 Å². The summed E-state index contributed by atoms with van der Waals surface area (Å²) >= 11 is 5.97. The second kappa shape index (κ2) is 8.78. The molecule has 1 aliphatic heterocycles. The summed E-state index contributed by atoms with van der Waals surface area (Å²) in [5.74, 6) is -0.0539. The molecule has 1 N–H and O–H groups in total. The number of nitrogens with one attached hydrogen (secondary N) is 1. The molecule has 1 atom stereocenters. The summed E-state index contributed by atoms with van der Waals surface area (Å²) in [7, 11) is 0. The first-order chi connectivity index (χ1) is 13.4. The lowest BCUT2D eigenvalue weighted by atomic mass is 9.84. The van der Waals surface area contributed by atoms with Gasteiger partial charge in [0, 0.05) is 23.5 Å². The molecule has 3 rings (SSSR count). The molecule has 1 saturated heterocycles. The number of carbonyl (C=O) groups is 2. The van der Waals surface area contributed by atoms with Crippen molar-refractivity contribution in [2.45, 2.75) is 44.6 Å². The van der Waals surface area contributed by atoms with E-state index in [0.717, 1.165) is 17.5 Å². The molecule has 1 aliphatic rings. The van der Waals surface area contributed by atoms with Crippen LogP contribution in [0.3, 0.4) is 0 Å². The van der Waals surface area contributed by atoms with Crippen LogP contribution in [0.25, 0.3) is 0 Å². The van der Waals surface area contributed by atoms with E-state index < -0.39 is 0 Å². The molecule has 0 spiro atoms. The lowest BCUT2D eigenvalue weighted by Crippen LogP contribution is -2.48. The van der Waals surface area contributed by atoms with Crippen LogP contribution < -0.4 is 5.32 Å². The maximum atomic E-state index is 12.8. The minimum Gasteiger partial charge on any atom is -0.353 e. The van der Waals surface area contributed by atoms with Crippen molar-refractivity contribution < 1.29 is 9.59 Å². The second-order valence-corrected chi connectivity index (χ2v) is 8.45. The highest BCUT2D eigenvalue weighted by Gasteiger charge is 2.34. The maximum Gasteiger partial charge on any atom is 0.242 e. The van der Waals surface area contributed by atoms with E-state index in [9.17, 15) is 9.59 Å². The lowest BCUT2D eigenvalue weighted by molar-refractivity contribution is -0.138. The zero-order valence-corrected chi connectivity index (χ0v) is 17.2. The number of hydrogen-bond donors (Lipinski definition) is 1. The van der Waals surface area contributed by atoms with Gasteiger partial charge in [-0.25, -0.2) is 0 Å². The van der Waals surface area contributed by atoms with Gasteiger partial charge in [0.2, 0.25) is 11.8 Å². The molecule has 2 amide bonds. The highest BCUT2D eigenvalue weighted by Crippen LogP contribution is 2.25. The van der Waals surface area contributed by atoms with Gasteiger partial charge >= 0.3 is 0 Å². The number of halogens is 1. The minimum absolute atomic E-state index is 0.0146. The molecule has 2 aromatic rings. The van der Waals surface area contributed by atoms with Crippen molar-refractivity contribution in [1.29, 1.82) is 0 Å². The van der Waals surface area contributed by atoms with Gasteiger partial charge in [-0.2, -0.15) is 0 Å². The SMILES string of the molecule is CC(C)(CNC(=O)[C@@H]1CCCN1C(=O)Cc1ccccc1)c1ccc(Cl)cc1. The van der Waals surface area contributed by atoms with E-state index in [2.05, 4.69) is 19.2 Å². The first-order valence-electron chi connectivity index (χ1n) is 9.74. The van der Waals surface area contributed by atoms with Crippen LogP contribution in [0.2, 0.25) is 5.02 Å². The molecule has 0 bridgehead atoms. The summed E-state index contributed by atoms with van der Waals surface area (Å²) in [4.78, 5) is 27.3. The zero-order chi connectivity index (χ0) is 20.1. The fourth-order valence-electron chi connectivity index (χ4n) is 3.64. The molecule has 0 aromatic heterocycles. The van der Waals surface area contributed by atoms with Crippen molar-refractivity contribution in [3.05, 3.63) is 70.7 Å².